The Morgan fingerprint density at radius 3 is 2.12 bits per heavy atom. The van der Waals surface area contributed by atoms with Crippen molar-refractivity contribution in [1.29, 1.82) is 0 Å². The highest BCUT2D eigenvalue weighted by Crippen LogP contribution is 2.20. The van der Waals surface area contributed by atoms with Crippen LogP contribution in [0, 0.1) is 0 Å². The van der Waals surface area contributed by atoms with Gasteiger partial charge in [0.1, 0.15) is 11.3 Å². The summed E-state index contributed by atoms with van der Waals surface area (Å²) in [6.07, 6.45) is 1.67. The van der Waals surface area contributed by atoms with E-state index in [0.717, 1.165) is 5.39 Å². The van der Waals surface area contributed by atoms with Gasteiger partial charge in [-0.1, -0.05) is 18.2 Å². The molecule has 7 nitrogen and oxygen atoms in total. The first-order valence-electron chi connectivity index (χ1n) is 4.10. The highest BCUT2D eigenvalue weighted by Gasteiger charge is 1.96. The average molecular weight is 261 g/mol. The maximum absolute atomic E-state index is 9.31. The summed E-state index contributed by atoms with van der Waals surface area (Å²) in [6, 6.07) is 9.13. The van der Waals surface area contributed by atoms with Gasteiger partial charge in [0.05, 0.1) is 0 Å². The topological polar surface area (TPSA) is 139 Å². The van der Waals surface area contributed by atoms with E-state index in [9.17, 15) is 5.11 Å². The van der Waals surface area contributed by atoms with Crippen molar-refractivity contribution in [2.24, 2.45) is 0 Å². The fourth-order valence-corrected chi connectivity index (χ4v) is 1.09. The third kappa shape index (κ3) is 5.78. The van der Waals surface area contributed by atoms with Gasteiger partial charge >= 0.3 is 10.4 Å². The van der Waals surface area contributed by atoms with Crippen molar-refractivity contribution in [3.05, 3.63) is 36.5 Å². The first-order chi connectivity index (χ1) is 7.38. The molecule has 1 heterocycles. The molecule has 94 valence electrons. The molecule has 0 bridgehead atoms. The van der Waals surface area contributed by atoms with Gasteiger partial charge in [-0.2, -0.15) is 8.42 Å². The number of rotatable bonds is 0. The van der Waals surface area contributed by atoms with E-state index in [1.807, 2.05) is 18.2 Å². The fourth-order valence-electron chi connectivity index (χ4n) is 1.09. The second kappa shape index (κ2) is 6.11. The van der Waals surface area contributed by atoms with Crippen molar-refractivity contribution < 1.29 is 28.1 Å². The second-order valence-corrected chi connectivity index (χ2v) is 3.70. The Hall–Kier alpha value is -1.74. The molecule has 2 aromatic rings. The van der Waals surface area contributed by atoms with E-state index in [-0.39, 0.29) is 11.2 Å². The van der Waals surface area contributed by atoms with E-state index >= 15 is 0 Å². The highest BCUT2D eigenvalue weighted by molar-refractivity contribution is 7.79. The Morgan fingerprint density at radius 2 is 1.59 bits per heavy atom. The van der Waals surface area contributed by atoms with Gasteiger partial charge in [-0.15, -0.1) is 0 Å². The molecule has 1 aromatic heterocycles. The third-order valence-corrected chi connectivity index (χ3v) is 1.61. The average Bonchev–Trinajstić information content (AvgIpc) is 2.16. The van der Waals surface area contributed by atoms with Gasteiger partial charge in [-0.25, -0.2) is 0 Å². The summed E-state index contributed by atoms with van der Waals surface area (Å²) in [5, 5.41) is 10.3. The number of pyridine rings is 1. The number of hydrogen-bond donors (Lipinski definition) is 3. The van der Waals surface area contributed by atoms with Crippen molar-refractivity contribution in [3.8, 4) is 5.75 Å². The van der Waals surface area contributed by atoms with Crippen LogP contribution in [-0.4, -0.2) is 33.1 Å². The van der Waals surface area contributed by atoms with Crippen LogP contribution in [-0.2, 0) is 10.4 Å². The predicted molar refractivity (Wildman–Crippen MR) is 61.2 cm³/mol. The molecule has 0 aliphatic carbocycles. The van der Waals surface area contributed by atoms with Crippen molar-refractivity contribution in [2.45, 2.75) is 0 Å². The number of aromatic nitrogens is 1. The van der Waals surface area contributed by atoms with Crippen LogP contribution in [0.4, 0.5) is 0 Å². The monoisotopic (exact) mass is 261 g/mol. The van der Waals surface area contributed by atoms with Gasteiger partial charge in [0.2, 0.25) is 0 Å². The van der Waals surface area contributed by atoms with Gasteiger partial charge < -0.3 is 10.6 Å². The number of para-hydroxylation sites is 1. The van der Waals surface area contributed by atoms with Crippen LogP contribution in [0.3, 0.4) is 0 Å². The number of aromatic hydroxyl groups is 1. The number of benzene rings is 1. The molecule has 0 aliphatic heterocycles. The SMILES string of the molecule is O.O=S(=O)(O)O.Oc1cccc2cccnc12. The summed E-state index contributed by atoms with van der Waals surface area (Å²) in [7, 11) is -4.67. The molecule has 8 heteroatoms. The normalized spacial score (nSPS) is 10.0. The zero-order valence-corrected chi connectivity index (χ0v) is 9.29. The van der Waals surface area contributed by atoms with E-state index in [0.29, 0.717) is 5.52 Å². The molecule has 2 rings (SSSR count). The van der Waals surface area contributed by atoms with Gasteiger partial charge in [0.25, 0.3) is 0 Å². The number of phenolic OH excluding ortho intramolecular Hbond substituents is 1. The van der Waals surface area contributed by atoms with Crippen LogP contribution in [0.5, 0.6) is 5.75 Å². The zero-order chi connectivity index (χ0) is 12.2. The van der Waals surface area contributed by atoms with Gasteiger partial charge in [0, 0.05) is 11.6 Å². The van der Waals surface area contributed by atoms with E-state index in [1.165, 1.54) is 0 Å². The summed E-state index contributed by atoms with van der Waals surface area (Å²) in [5.74, 6) is 0.239. The van der Waals surface area contributed by atoms with E-state index in [1.54, 1.807) is 18.3 Å². The molecule has 5 N–H and O–H groups in total. The lowest BCUT2D eigenvalue weighted by molar-refractivity contribution is 0.381. The van der Waals surface area contributed by atoms with Crippen LogP contribution in [0.1, 0.15) is 0 Å². The summed E-state index contributed by atoms with van der Waals surface area (Å²) < 4.78 is 31.6. The van der Waals surface area contributed by atoms with Crippen LogP contribution in [0.25, 0.3) is 10.9 Å². The highest BCUT2D eigenvalue weighted by atomic mass is 32.3. The molecular weight excluding hydrogens is 250 g/mol. The van der Waals surface area contributed by atoms with Crippen molar-refractivity contribution >= 4 is 21.3 Å². The fraction of sp³-hybridized carbons (Fsp3) is 0. The first kappa shape index (κ1) is 15.3. The first-order valence-corrected chi connectivity index (χ1v) is 5.50. The van der Waals surface area contributed by atoms with Crippen molar-refractivity contribution in [1.82, 2.24) is 4.98 Å². The molecule has 0 fully saturated rings. The second-order valence-electron chi connectivity index (χ2n) is 2.80. The Bertz CT molecular complexity index is 570. The zero-order valence-electron chi connectivity index (χ0n) is 8.48. The maximum atomic E-state index is 9.31. The number of fused-ring (bicyclic) bond motifs is 1. The van der Waals surface area contributed by atoms with Crippen LogP contribution in [0.15, 0.2) is 36.5 Å². The molecule has 0 radical (unpaired) electrons. The summed E-state index contributed by atoms with van der Waals surface area (Å²) in [5.41, 5.74) is 0.662. The Balaban J connectivity index is 0.000000373. The summed E-state index contributed by atoms with van der Waals surface area (Å²) in [4.78, 5) is 4.03. The number of hydrogen-bond acceptors (Lipinski definition) is 4. The minimum absolute atomic E-state index is 0. The Labute approximate surface area is 97.2 Å². The molecule has 0 spiro atoms. The summed E-state index contributed by atoms with van der Waals surface area (Å²) >= 11 is 0. The summed E-state index contributed by atoms with van der Waals surface area (Å²) in [6.45, 7) is 0. The van der Waals surface area contributed by atoms with Crippen LogP contribution < -0.4 is 0 Å². The van der Waals surface area contributed by atoms with E-state index in [2.05, 4.69) is 4.98 Å². The van der Waals surface area contributed by atoms with Gasteiger partial charge in [0.15, 0.2) is 0 Å². The Morgan fingerprint density at radius 1 is 1.06 bits per heavy atom. The largest absolute Gasteiger partial charge is 0.506 e. The molecule has 0 saturated heterocycles. The standard InChI is InChI=1S/C9H7NO.H2O4S.H2O/c11-8-5-1-3-7-4-2-6-10-9(7)8;1-5(2,3)4;/h1-6,11H;(H2,1,2,3,4);1H2. The number of nitrogens with zero attached hydrogens (tertiary/aromatic N) is 1. The predicted octanol–water partition coefficient (Wildman–Crippen LogP) is 0.463. The van der Waals surface area contributed by atoms with E-state index < -0.39 is 10.4 Å². The molecule has 0 amide bonds. The van der Waals surface area contributed by atoms with Crippen molar-refractivity contribution in [2.75, 3.05) is 0 Å². The smallest absolute Gasteiger partial charge is 0.394 e. The molecule has 0 aliphatic rings. The molecular formula is C9H11NO6S. The third-order valence-electron chi connectivity index (χ3n) is 1.61. The van der Waals surface area contributed by atoms with Gasteiger partial charge in [-0.05, 0) is 12.1 Å². The van der Waals surface area contributed by atoms with Gasteiger partial charge in [-0.3, -0.25) is 14.1 Å². The lowest BCUT2D eigenvalue weighted by atomic mass is 10.2. The number of phenols is 1. The molecule has 0 unspecified atom stereocenters. The van der Waals surface area contributed by atoms with Crippen LogP contribution in [0.2, 0.25) is 0 Å². The van der Waals surface area contributed by atoms with Crippen LogP contribution >= 0.6 is 0 Å². The minimum Gasteiger partial charge on any atom is -0.506 e. The molecule has 17 heavy (non-hydrogen) atoms. The maximum Gasteiger partial charge on any atom is 0.394 e. The Kier molecular flexibility index (Phi) is 5.48. The minimum atomic E-state index is -4.67. The molecule has 0 saturated carbocycles. The molecule has 0 atom stereocenters. The van der Waals surface area contributed by atoms with E-state index in [4.69, 9.17) is 17.5 Å². The quantitative estimate of drug-likeness (QED) is 0.589. The lowest BCUT2D eigenvalue weighted by Gasteiger charge is -1.96. The van der Waals surface area contributed by atoms with Crippen molar-refractivity contribution in [3.63, 3.8) is 0 Å². The molecule has 1 aromatic carbocycles. The lowest BCUT2D eigenvalue weighted by Crippen LogP contribution is -1.89.